The molecular weight excluding hydrogens is 847 g/mol. The van der Waals surface area contributed by atoms with Gasteiger partial charge in [0, 0.05) is 28.1 Å². The SMILES string of the molecule is c1ccc(-c2ccc(N(c3ccc4c(c3)C(c3ccccc3)(c3ccccc3)c3ccccc3-4)c3ccccc3-c3ccc4c(c3)C3(c5ccccc5Oc5ccccc53)c3ccccc3-4)cc2)cc1. The highest BCUT2D eigenvalue weighted by Crippen LogP contribution is 2.63. The number of anilines is 3. The molecule has 70 heavy (non-hydrogen) atoms. The van der Waals surface area contributed by atoms with Crippen LogP contribution in [0.25, 0.3) is 44.5 Å². The van der Waals surface area contributed by atoms with Crippen molar-refractivity contribution in [2.75, 3.05) is 4.90 Å². The third-order valence-corrected chi connectivity index (χ3v) is 15.2. The van der Waals surface area contributed by atoms with E-state index in [2.05, 4.69) is 278 Å². The summed E-state index contributed by atoms with van der Waals surface area (Å²) in [6.07, 6.45) is 0. The first kappa shape index (κ1) is 40.1. The molecule has 14 rings (SSSR count). The van der Waals surface area contributed by atoms with Crippen LogP contribution in [0.4, 0.5) is 17.1 Å². The van der Waals surface area contributed by atoms with Crippen molar-refractivity contribution in [3.05, 3.63) is 317 Å². The molecule has 2 aliphatic carbocycles. The molecule has 0 radical (unpaired) electrons. The van der Waals surface area contributed by atoms with Gasteiger partial charge in [-0.15, -0.1) is 0 Å². The van der Waals surface area contributed by atoms with Crippen molar-refractivity contribution in [2.45, 2.75) is 10.8 Å². The minimum absolute atomic E-state index is 0.549. The Morgan fingerprint density at radius 3 is 1.29 bits per heavy atom. The molecule has 0 unspecified atom stereocenters. The first-order valence-corrected chi connectivity index (χ1v) is 24.2. The Labute approximate surface area is 409 Å². The maximum absolute atomic E-state index is 6.71. The number of hydrogen-bond acceptors (Lipinski definition) is 2. The van der Waals surface area contributed by atoms with Gasteiger partial charge in [0.1, 0.15) is 11.5 Å². The van der Waals surface area contributed by atoms with Crippen LogP contribution < -0.4 is 9.64 Å². The minimum Gasteiger partial charge on any atom is -0.457 e. The Kier molecular flexibility index (Phi) is 9.06. The summed E-state index contributed by atoms with van der Waals surface area (Å²) in [5, 5.41) is 0. The first-order chi connectivity index (χ1) is 34.7. The normalized spacial score (nSPS) is 13.8. The summed E-state index contributed by atoms with van der Waals surface area (Å²) in [7, 11) is 0. The van der Waals surface area contributed by atoms with Crippen LogP contribution in [0.1, 0.15) is 44.5 Å². The average Bonchev–Trinajstić information content (AvgIpc) is 3.90. The van der Waals surface area contributed by atoms with Gasteiger partial charge in [-0.05, 0) is 121 Å². The van der Waals surface area contributed by atoms with Crippen molar-refractivity contribution in [3.63, 3.8) is 0 Å². The molecular formula is C68H45NO. The summed E-state index contributed by atoms with van der Waals surface area (Å²) >= 11 is 0. The van der Waals surface area contributed by atoms with E-state index in [0.29, 0.717) is 0 Å². The average molecular weight is 892 g/mol. The molecule has 0 aromatic heterocycles. The fourth-order valence-electron chi connectivity index (χ4n) is 12.4. The zero-order valence-corrected chi connectivity index (χ0v) is 38.3. The van der Waals surface area contributed by atoms with Gasteiger partial charge in [-0.2, -0.15) is 0 Å². The van der Waals surface area contributed by atoms with E-state index >= 15 is 0 Å². The number of para-hydroxylation sites is 3. The van der Waals surface area contributed by atoms with Gasteiger partial charge in [-0.3, -0.25) is 0 Å². The van der Waals surface area contributed by atoms with E-state index in [-0.39, 0.29) is 0 Å². The number of rotatable bonds is 7. The largest absolute Gasteiger partial charge is 0.457 e. The van der Waals surface area contributed by atoms with E-state index in [1.165, 1.54) is 66.8 Å². The highest BCUT2D eigenvalue weighted by molar-refractivity contribution is 5.95. The van der Waals surface area contributed by atoms with Crippen LogP contribution in [-0.2, 0) is 10.8 Å². The maximum atomic E-state index is 6.71. The molecule has 0 atom stereocenters. The summed E-state index contributed by atoms with van der Waals surface area (Å²) in [4.78, 5) is 2.48. The molecule has 0 saturated carbocycles. The number of ether oxygens (including phenoxy) is 1. The zero-order chi connectivity index (χ0) is 46.2. The lowest BCUT2D eigenvalue weighted by Gasteiger charge is -2.39. The lowest BCUT2D eigenvalue weighted by Crippen LogP contribution is -2.32. The quantitative estimate of drug-likeness (QED) is 0.158. The van der Waals surface area contributed by atoms with Gasteiger partial charge in [-0.25, -0.2) is 0 Å². The standard InChI is InChI=1S/C68H45NO/c1-4-20-46(21-5-1)47-36-39-51(40-37-47)69(52-41-43-57-54-27-10-13-29-58(54)67(63(57)45-52,49-22-6-2-7-23-49)50-24-8-3-9-25-50)64-33-17-12-26-53(64)48-38-42-56-55-28-11-14-30-59(55)68(62(56)44-48)60-31-15-18-34-65(60)70-66-35-19-16-32-61(66)68/h1-45H. The summed E-state index contributed by atoms with van der Waals surface area (Å²) in [5.41, 5.74) is 21.7. The van der Waals surface area contributed by atoms with Crippen LogP contribution in [0.5, 0.6) is 11.5 Å². The Bertz CT molecular complexity index is 3720. The van der Waals surface area contributed by atoms with Crippen molar-refractivity contribution in [1.82, 2.24) is 0 Å². The highest BCUT2D eigenvalue weighted by atomic mass is 16.5. The molecule has 2 nitrogen and oxygen atoms in total. The van der Waals surface area contributed by atoms with Crippen LogP contribution in [0.3, 0.4) is 0 Å². The summed E-state index contributed by atoms with van der Waals surface area (Å²) < 4.78 is 6.71. The van der Waals surface area contributed by atoms with E-state index < -0.39 is 10.8 Å². The second-order valence-corrected chi connectivity index (χ2v) is 18.7. The lowest BCUT2D eigenvalue weighted by atomic mass is 9.66. The Morgan fingerprint density at radius 1 is 0.257 bits per heavy atom. The Balaban J connectivity index is 1.01. The molecule has 11 aromatic rings. The zero-order valence-electron chi connectivity index (χ0n) is 38.3. The third kappa shape index (κ3) is 5.74. The summed E-state index contributed by atoms with van der Waals surface area (Å²) in [6, 6.07) is 100. The van der Waals surface area contributed by atoms with Crippen molar-refractivity contribution < 1.29 is 4.74 Å². The third-order valence-electron chi connectivity index (χ3n) is 15.2. The van der Waals surface area contributed by atoms with Crippen LogP contribution in [0.2, 0.25) is 0 Å². The molecule has 0 amide bonds. The maximum Gasteiger partial charge on any atom is 0.132 e. The smallest absolute Gasteiger partial charge is 0.132 e. The molecule has 1 aliphatic heterocycles. The molecule has 11 aromatic carbocycles. The van der Waals surface area contributed by atoms with Crippen LogP contribution in [0.15, 0.2) is 273 Å². The van der Waals surface area contributed by atoms with Crippen LogP contribution >= 0.6 is 0 Å². The number of benzene rings is 11. The van der Waals surface area contributed by atoms with E-state index in [0.717, 1.165) is 50.8 Å². The van der Waals surface area contributed by atoms with E-state index in [4.69, 9.17) is 4.74 Å². The highest BCUT2D eigenvalue weighted by Gasteiger charge is 2.51. The van der Waals surface area contributed by atoms with Gasteiger partial charge < -0.3 is 9.64 Å². The molecule has 0 saturated heterocycles. The molecule has 3 aliphatic rings. The lowest BCUT2D eigenvalue weighted by molar-refractivity contribution is 0.436. The monoisotopic (exact) mass is 891 g/mol. The second-order valence-electron chi connectivity index (χ2n) is 18.7. The molecule has 2 heteroatoms. The van der Waals surface area contributed by atoms with Gasteiger partial charge in [0.2, 0.25) is 0 Å². The Morgan fingerprint density at radius 2 is 0.671 bits per heavy atom. The molecule has 328 valence electrons. The van der Waals surface area contributed by atoms with E-state index in [1.807, 2.05) is 0 Å². The van der Waals surface area contributed by atoms with Crippen molar-refractivity contribution in [2.24, 2.45) is 0 Å². The Hall–Kier alpha value is -8.98. The summed E-state index contributed by atoms with van der Waals surface area (Å²) in [6.45, 7) is 0. The molecule has 1 spiro atoms. The summed E-state index contributed by atoms with van der Waals surface area (Å²) in [5.74, 6) is 1.78. The van der Waals surface area contributed by atoms with Gasteiger partial charge in [-0.1, -0.05) is 224 Å². The predicted molar refractivity (Wildman–Crippen MR) is 287 cm³/mol. The van der Waals surface area contributed by atoms with Gasteiger partial charge in [0.25, 0.3) is 0 Å². The van der Waals surface area contributed by atoms with Gasteiger partial charge in [0.15, 0.2) is 0 Å². The van der Waals surface area contributed by atoms with Crippen molar-refractivity contribution in [3.8, 4) is 56.0 Å². The van der Waals surface area contributed by atoms with E-state index in [9.17, 15) is 0 Å². The van der Waals surface area contributed by atoms with Crippen LogP contribution in [0, 0.1) is 0 Å². The molecule has 0 N–H and O–H groups in total. The predicted octanol–water partition coefficient (Wildman–Crippen LogP) is 17.3. The fraction of sp³-hybridized carbons (Fsp3) is 0.0294. The van der Waals surface area contributed by atoms with Crippen molar-refractivity contribution in [1.29, 1.82) is 0 Å². The number of fused-ring (bicyclic) bond motifs is 12. The van der Waals surface area contributed by atoms with Crippen LogP contribution in [-0.4, -0.2) is 0 Å². The molecule has 0 fully saturated rings. The number of nitrogens with zero attached hydrogens (tertiary/aromatic N) is 1. The fourth-order valence-corrected chi connectivity index (χ4v) is 12.4. The van der Waals surface area contributed by atoms with Crippen molar-refractivity contribution >= 4 is 17.1 Å². The topological polar surface area (TPSA) is 12.5 Å². The molecule has 0 bridgehead atoms. The van der Waals surface area contributed by atoms with E-state index in [1.54, 1.807) is 0 Å². The second kappa shape index (κ2) is 15.8. The first-order valence-electron chi connectivity index (χ1n) is 24.2. The minimum atomic E-state index is -0.581. The van der Waals surface area contributed by atoms with Gasteiger partial charge in [0.05, 0.1) is 16.5 Å². The molecule has 1 heterocycles. The van der Waals surface area contributed by atoms with Gasteiger partial charge >= 0.3 is 0 Å². The number of hydrogen-bond donors (Lipinski definition) is 0.